The molecule has 0 aliphatic rings. The van der Waals surface area contributed by atoms with Gasteiger partial charge in [0, 0.05) is 9.79 Å². The van der Waals surface area contributed by atoms with Crippen LogP contribution in [0.3, 0.4) is 0 Å². The van der Waals surface area contributed by atoms with Gasteiger partial charge in [-0.3, -0.25) is 0 Å². The van der Waals surface area contributed by atoms with Crippen molar-refractivity contribution >= 4 is 28.4 Å². The zero-order valence-electron chi connectivity index (χ0n) is 14.5. The highest BCUT2D eigenvalue weighted by atomic mass is 32.2. The minimum atomic E-state index is -3.97. The molecule has 0 spiro atoms. The van der Waals surface area contributed by atoms with E-state index in [1.165, 1.54) is 37.4 Å². The van der Waals surface area contributed by atoms with Crippen LogP contribution in [0, 0.1) is 13.8 Å². The van der Waals surface area contributed by atoms with Gasteiger partial charge in [0.05, 0.1) is 20.0 Å². The van der Waals surface area contributed by atoms with Gasteiger partial charge in [0.25, 0.3) is 0 Å². The first-order chi connectivity index (χ1) is 11.4. The summed E-state index contributed by atoms with van der Waals surface area (Å²) in [6.45, 7) is 6.64. The lowest BCUT2D eigenvalue weighted by atomic mass is 10.2. The standard InChI is InChI=1S/C16H20N2O4S2Si/c1-13-5-9-15(10-6-13)23(19,20)17-25(3,4)18-24(21,22)16-11-7-14(2)8-12-16/h5-12H,1-4H3/q-2. The molecule has 0 saturated carbocycles. The third-order valence-corrected chi connectivity index (χ3v) is 10.6. The van der Waals surface area contributed by atoms with E-state index in [1.807, 2.05) is 13.8 Å². The lowest BCUT2D eigenvalue weighted by Gasteiger charge is -2.50. The van der Waals surface area contributed by atoms with Crippen LogP contribution in [0.2, 0.25) is 13.1 Å². The van der Waals surface area contributed by atoms with Crippen LogP contribution in [-0.4, -0.2) is 25.2 Å². The molecule has 0 bridgehead atoms. The van der Waals surface area contributed by atoms with Gasteiger partial charge in [-0.25, -0.2) is 16.8 Å². The van der Waals surface area contributed by atoms with E-state index >= 15 is 0 Å². The van der Waals surface area contributed by atoms with Crippen molar-refractivity contribution in [2.45, 2.75) is 36.7 Å². The minimum absolute atomic E-state index is 0.0293. The Morgan fingerprint density at radius 3 is 1.20 bits per heavy atom. The molecule has 0 saturated heterocycles. The quantitative estimate of drug-likeness (QED) is 0.693. The predicted molar refractivity (Wildman–Crippen MR) is 101 cm³/mol. The van der Waals surface area contributed by atoms with Crippen LogP contribution in [0.5, 0.6) is 0 Å². The third-order valence-electron chi connectivity index (χ3n) is 3.32. The lowest BCUT2D eigenvalue weighted by molar-refractivity contribution is 0.603. The molecule has 25 heavy (non-hydrogen) atoms. The number of nitrogens with zero attached hydrogens (tertiary/aromatic N) is 2. The zero-order valence-corrected chi connectivity index (χ0v) is 17.1. The Labute approximate surface area is 150 Å². The van der Waals surface area contributed by atoms with Crippen LogP contribution in [0.25, 0.3) is 8.78 Å². The molecule has 0 fully saturated rings. The number of benzene rings is 2. The van der Waals surface area contributed by atoms with Crippen molar-refractivity contribution in [3.05, 3.63) is 68.4 Å². The molecule has 0 aliphatic carbocycles. The van der Waals surface area contributed by atoms with Gasteiger partial charge in [-0.1, -0.05) is 35.4 Å². The Morgan fingerprint density at radius 2 is 0.920 bits per heavy atom. The van der Waals surface area contributed by atoms with Crippen molar-refractivity contribution in [3.8, 4) is 0 Å². The Kier molecular flexibility index (Phi) is 5.55. The van der Waals surface area contributed by atoms with E-state index in [0.717, 1.165) is 11.1 Å². The summed E-state index contributed by atoms with van der Waals surface area (Å²) in [5.74, 6) is 0. The number of rotatable bonds is 6. The van der Waals surface area contributed by atoms with Gasteiger partial charge in [-0.15, -0.1) is 13.1 Å². The van der Waals surface area contributed by atoms with Gasteiger partial charge in [-0.05, 0) is 38.1 Å². The molecule has 2 aromatic rings. The monoisotopic (exact) mass is 396 g/mol. The van der Waals surface area contributed by atoms with Crippen LogP contribution in [0.15, 0.2) is 58.3 Å². The largest absolute Gasteiger partial charge is 0.562 e. The Morgan fingerprint density at radius 1 is 0.640 bits per heavy atom. The van der Waals surface area contributed by atoms with Gasteiger partial charge < -0.3 is 8.78 Å². The fourth-order valence-corrected chi connectivity index (χ4v) is 9.07. The number of aryl methyl sites for hydroxylation is 2. The smallest absolute Gasteiger partial charge is 0.0987 e. The average molecular weight is 397 g/mol. The normalized spacial score (nSPS) is 13.0. The van der Waals surface area contributed by atoms with Gasteiger partial charge in [0.2, 0.25) is 0 Å². The van der Waals surface area contributed by atoms with Crippen molar-refractivity contribution in [3.63, 3.8) is 0 Å². The first-order valence-corrected chi connectivity index (χ1v) is 13.3. The summed E-state index contributed by atoms with van der Waals surface area (Å²) in [5.41, 5.74) is 1.84. The van der Waals surface area contributed by atoms with Crippen LogP contribution in [0.4, 0.5) is 0 Å². The summed E-state index contributed by atoms with van der Waals surface area (Å²) in [6, 6.07) is 12.5. The fraction of sp³-hybridized carbons (Fsp3) is 0.250. The van der Waals surface area contributed by atoms with Crippen LogP contribution >= 0.6 is 0 Å². The molecule has 0 heterocycles. The first-order valence-electron chi connectivity index (χ1n) is 7.53. The van der Waals surface area contributed by atoms with Crippen LogP contribution in [0.1, 0.15) is 11.1 Å². The Bertz CT molecular complexity index is 873. The molecule has 0 aromatic heterocycles. The van der Waals surface area contributed by atoms with Crippen molar-refractivity contribution in [2.75, 3.05) is 0 Å². The summed E-state index contributed by atoms with van der Waals surface area (Å²) in [4.78, 5) is 0.0585. The molecule has 2 rings (SSSR count). The van der Waals surface area contributed by atoms with Crippen molar-refractivity contribution in [1.29, 1.82) is 0 Å². The number of hydrogen-bond acceptors (Lipinski definition) is 4. The van der Waals surface area contributed by atoms with Gasteiger partial charge >= 0.3 is 0 Å². The maximum absolute atomic E-state index is 12.4. The van der Waals surface area contributed by atoms with E-state index in [4.69, 9.17) is 0 Å². The number of hydrogen-bond donors (Lipinski definition) is 0. The van der Waals surface area contributed by atoms with E-state index in [9.17, 15) is 16.8 Å². The molecule has 0 unspecified atom stereocenters. The van der Waals surface area contributed by atoms with E-state index in [-0.39, 0.29) is 9.79 Å². The molecular weight excluding hydrogens is 376 g/mol. The average Bonchev–Trinajstić information content (AvgIpc) is 2.45. The van der Waals surface area contributed by atoms with E-state index in [1.54, 1.807) is 24.3 Å². The van der Waals surface area contributed by atoms with Crippen molar-refractivity contribution in [1.82, 2.24) is 0 Å². The van der Waals surface area contributed by atoms with E-state index in [2.05, 4.69) is 8.78 Å². The lowest BCUT2D eigenvalue weighted by Crippen LogP contribution is -2.30. The molecule has 6 nitrogen and oxygen atoms in total. The van der Waals surface area contributed by atoms with Gasteiger partial charge in [-0.2, -0.15) is 8.40 Å². The third kappa shape index (κ3) is 5.22. The highest BCUT2D eigenvalue weighted by Crippen LogP contribution is 2.32. The Hall–Kier alpha value is -1.52. The molecule has 0 amide bonds. The number of sulfonamides is 2. The summed E-state index contributed by atoms with van der Waals surface area (Å²) in [5, 5.41) is 0. The highest BCUT2D eigenvalue weighted by molar-refractivity contribution is 7.99. The predicted octanol–water partition coefficient (Wildman–Crippen LogP) is 3.83. The Balaban J connectivity index is 2.23. The minimum Gasteiger partial charge on any atom is -0.562 e. The summed E-state index contributed by atoms with van der Waals surface area (Å²) < 4.78 is 57.4. The molecule has 0 atom stereocenters. The van der Waals surface area contributed by atoms with Crippen molar-refractivity contribution in [2.24, 2.45) is 0 Å². The molecule has 136 valence electrons. The summed E-state index contributed by atoms with van der Waals surface area (Å²) in [7, 11) is -11.2. The van der Waals surface area contributed by atoms with Crippen LogP contribution < -0.4 is 0 Å². The van der Waals surface area contributed by atoms with Gasteiger partial charge in [0.15, 0.2) is 0 Å². The second kappa shape index (κ2) is 7.00. The fourth-order valence-electron chi connectivity index (χ4n) is 2.13. The molecular formula is C16H20N2O4S2Si-2. The summed E-state index contributed by atoms with van der Waals surface area (Å²) >= 11 is 0. The molecule has 9 heteroatoms. The maximum Gasteiger partial charge on any atom is 0.0987 e. The maximum atomic E-state index is 12.4. The molecule has 0 aliphatic heterocycles. The summed E-state index contributed by atoms with van der Waals surface area (Å²) in [6.07, 6.45) is 0. The second-order valence-corrected chi connectivity index (χ2v) is 13.5. The van der Waals surface area contributed by atoms with E-state index in [0.29, 0.717) is 0 Å². The molecule has 2 aromatic carbocycles. The van der Waals surface area contributed by atoms with Gasteiger partial charge in [0.1, 0.15) is 0 Å². The van der Waals surface area contributed by atoms with Crippen molar-refractivity contribution < 1.29 is 16.8 Å². The van der Waals surface area contributed by atoms with Crippen LogP contribution in [-0.2, 0) is 20.0 Å². The molecule has 0 N–H and O–H groups in total. The second-order valence-electron chi connectivity index (χ2n) is 6.25. The zero-order chi connectivity index (χ0) is 18.9. The molecule has 0 radical (unpaired) electrons. The topological polar surface area (TPSA) is 96.5 Å². The highest BCUT2D eigenvalue weighted by Gasteiger charge is 2.13. The first kappa shape index (κ1) is 19.8. The van der Waals surface area contributed by atoms with E-state index < -0.39 is 28.4 Å². The SMILES string of the molecule is Cc1ccc(S(=O)(=O)[N-][Si](C)(C)[N-]S(=O)(=O)c2ccc(C)cc2)cc1.